The van der Waals surface area contributed by atoms with Crippen molar-refractivity contribution in [2.45, 2.75) is 77.9 Å². The van der Waals surface area contributed by atoms with Crippen molar-refractivity contribution in [3.8, 4) is 0 Å². The zero-order valence-electron chi connectivity index (χ0n) is 13.7. The van der Waals surface area contributed by atoms with Gasteiger partial charge in [-0.2, -0.15) is 0 Å². The molecule has 0 atom stereocenters. The van der Waals surface area contributed by atoms with Gasteiger partial charge in [0, 0.05) is 19.1 Å². The third kappa shape index (κ3) is 7.73. The van der Waals surface area contributed by atoms with Crippen LogP contribution in [0.25, 0.3) is 0 Å². The second-order valence-corrected chi connectivity index (χ2v) is 6.72. The summed E-state index contributed by atoms with van der Waals surface area (Å²) >= 11 is 0. The summed E-state index contributed by atoms with van der Waals surface area (Å²) in [5.74, 6) is 0. The summed E-state index contributed by atoms with van der Waals surface area (Å²) in [6.07, 6.45) is 7.19. The molecule has 0 bridgehead atoms. The molecule has 118 valence electrons. The van der Waals surface area contributed by atoms with Crippen molar-refractivity contribution in [3.63, 3.8) is 0 Å². The number of carbonyl (C=O) groups excluding carboxylic acids is 1. The summed E-state index contributed by atoms with van der Waals surface area (Å²) in [6, 6.07) is 0.409. The van der Waals surface area contributed by atoms with Gasteiger partial charge in [-0.05, 0) is 46.6 Å². The summed E-state index contributed by atoms with van der Waals surface area (Å²) < 4.78 is 5.47. The molecule has 0 spiro atoms. The standard InChI is InChI=1S/C16H32N2O2/c1-5-6-7-8-11-17-12-13-18(14-9-10-14)15(19)20-16(2,3)4/h14,17H,5-13H2,1-4H3. The minimum Gasteiger partial charge on any atom is -0.444 e. The zero-order valence-corrected chi connectivity index (χ0v) is 13.7. The fourth-order valence-corrected chi connectivity index (χ4v) is 2.13. The molecule has 0 aromatic rings. The van der Waals surface area contributed by atoms with Crippen molar-refractivity contribution in [1.29, 1.82) is 0 Å². The van der Waals surface area contributed by atoms with Crippen LogP contribution in [0.15, 0.2) is 0 Å². The third-order valence-electron chi connectivity index (χ3n) is 3.35. The second-order valence-electron chi connectivity index (χ2n) is 6.72. The van der Waals surface area contributed by atoms with Gasteiger partial charge in [0.25, 0.3) is 0 Å². The molecule has 0 aliphatic heterocycles. The Morgan fingerprint density at radius 2 is 1.90 bits per heavy atom. The average molecular weight is 284 g/mol. The number of nitrogens with zero attached hydrogens (tertiary/aromatic N) is 1. The number of carbonyl (C=O) groups is 1. The SMILES string of the molecule is CCCCCCNCCN(C(=O)OC(C)(C)C)C1CC1. The highest BCUT2D eigenvalue weighted by Crippen LogP contribution is 2.27. The maximum Gasteiger partial charge on any atom is 0.410 e. The van der Waals surface area contributed by atoms with Crippen molar-refractivity contribution in [2.24, 2.45) is 0 Å². The highest BCUT2D eigenvalue weighted by atomic mass is 16.6. The van der Waals surface area contributed by atoms with Gasteiger partial charge in [-0.1, -0.05) is 26.2 Å². The predicted molar refractivity (Wildman–Crippen MR) is 83.0 cm³/mol. The average Bonchev–Trinajstić information content (AvgIpc) is 3.14. The van der Waals surface area contributed by atoms with Gasteiger partial charge in [0.05, 0.1) is 0 Å². The fourth-order valence-electron chi connectivity index (χ4n) is 2.13. The Kier molecular flexibility index (Phi) is 7.35. The van der Waals surface area contributed by atoms with Crippen LogP contribution in [0.5, 0.6) is 0 Å². The van der Waals surface area contributed by atoms with E-state index in [0.717, 1.165) is 32.5 Å². The molecule has 1 saturated carbocycles. The molecule has 0 saturated heterocycles. The molecule has 1 rings (SSSR count). The summed E-state index contributed by atoms with van der Waals surface area (Å²) in [5, 5.41) is 3.43. The molecule has 1 N–H and O–H groups in total. The van der Waals surface area contributed by atoms with Crippen molar-refractivity contribution >= 4 is 6.09 Å². The molecule has 1 amide bonds. The Hall–Kier alpha value is -0.770. The van der Waals surface area contributed by atoms with Crippen LogP contribution in [0.4, 0.5) is 4.79 Å². The Bertz CT molecular complexity index is 283. The Morgan fingerprint density at radius 3 is 2.45 bits per heavy atom. The van der Waals surface area contributed by atoms with Crippen LogP contribution >= 0.6 is 0 Å². The topological polar surface area (TPSA) is 41.6 Å². The van der Waals surface area contributed by atoms with E-state index < -0.39 is 5.60 Å². The zero-order chi connectivity index (χ0) is 15.0. The maximum absolute atomic E-state index is 12.1. The van der Waals surface area contributed by atoms with Crippen LogP contribution in [-0.2, 0) is 4.74 Å². The van der Waals surface area contributed by atoms with E-state index in [-0.39, 0.29) is 6.09 Å². The first kappa shape index (κ1) is 17.3. The van der Waals surface area contributed by atoms with Crippen molar-refractivity contribution < 1.29 is 9.53 Å². The van der Waals surface area contributed by atoms with Gasteiger partial charge in [0.2, 0.25) is 0 Å². The first-order chi connectivity index (χ1) is 9.44. The van der Waals surface area contributed by atoms with Gasteiger partial charge in [0.15, 0.2) is 0 Å². The smallest absolute Gasteiger partial charge is 0.410 e. The summed E-state index contributed by atoms with van der Waals surface area (Å²) in [5.41, 5.74) is -0.405. The summed E-state index contributed by atoms with van der Waals surface area (Å²) in [7, 11) is 0. The number of unbranched alkanes of at least 4 members (excludes halogenated alkanes) is 3. The molecular weight excluding hydrogens is 252 g/mol. The number of hydrogen-bond acceptors (Lipinski definition) is 3. The van der Waals surface area contributed by atoms with E-state index in [0.29, 0.717) is 6.04 Å². The van der Waals surface area contributed by atoms with Crippen molar-refractivity contribution in [3.05, 3.63) is 0 Å². The third-order valence-corrected chi connectivity index (χ3v) is 3.35. The summed E-state index contributed by atoms with van der Waals surface area (Å²) in [6.45, 7) is 10.6. The Balaban J connectivity index is 2.18. The summed E-state index contributed by atoms with van der Waals surface area (Å²) in [4.78, 5) is 14.0. The number of nitrogens with one attached hydrogen (secondary N) is 1. The molecule has 0 aromatic heterocycles. The van der Waals surface area contributed by atoms with Gasteiger partial charge in [0.1, 0.15) is 5.60 Å². The highest BCUT2D eigenvalue weighted by molar-refractivity contribution is 5.69. The number of amides is 1. The van der Waals surface area contributed by atoms with E-state index in [9.17, 15) is 4.79 Å². The Morgan fingerprint density at radius 1 is 1.20 bits per heavy atom. The van der Waals surface area contributed by atoms with Crippen LogP contribution < -0.4 is 5.32 Å². The number of hydrogen-bond donors (Lipinski definition) is 1. The lowest BCUT2D eigenvalue weighted by Gasteiger charge is -2.27. The van der Waals surface area contributed by atoms with E-state index in [1.165, 1.54) is 25.7 Å². The number of ether oxygens (including phenoxy) is 1. The van der Waals surface area contributed by atoms with Crippen molar-refractivity contribution in [2.75, 3.05) is 19.6 Å². The predicted octanol–water partition coefficient (Wildman–Crippen LogP) is 3.56. The van der Waals surface area contributed by atoms with Gasteiger partial charge in [-0.25, -0.2) is 4.79 Å². The molecule has 0 radical (unpaired) electrons. The molecule has 1 aliphatic carbocycles. The van der Waals surface area contributed by atoms with E-state index in [2.05, 4.69) is 12.2 Å². The van der Waals surface area contributed by atoms with E-state index in [1.807, 2.05) is 25.7 Å². The largest absolute Gasteiger partial charge is 0.444 e. The Labute approximate surface area is 124 Å². The second kappa shape index (κ2) is 8.50. The molecule has 4 nitrogen and oxygen atoms in total. The van der Waals surface area contributed by atoms with Crippen molar-refractivity contribution in [1.82, 2.24) is 10.2 Å². The molecule has 0 aromatic carbocycles. The molecule has 0 heterocycles. The van der Waals surface area contributed by atoms with Crippen LogP contribution in [0.2, 0.25) is 0 Å². The minimum atomic E-state index is -0.405. The van der Waals surface area contributed by atoms with Crippen LogP contribution in [0.1, 0.15) is 66.2 Å². The van der Waals surface area contributed by atoms with E-state index in [1.54, 1.807) is 0 Å². The molecular formula is C16H32N2O2. The number of rotatable bonds is 9. The van der Waals surface area contributed by atoms with Gasteiger partial charge in [-0.3, -0.25) is 0 Å². The quantitative estimate of drug-likeness (QED) is 0.658. The molecule has 20 heavy (non-hydrogen) atoms. The van der Waals surface area contributed by atoms with Crippen LogP contribution in [0, 0.1) is 0 Å². The van der Waals surface area contributed by atoms with Gasteiger partial charge < -0.3 is 15.0 Å². The molecule has 1 aliphatic rings. The van der Waals surface area contributed by atoms with Gasteiger partial charge in [-0.15, -0.1) is 0 Å². The fraction of sp³-hybridized carbons (Fsp3) is 0.938. The van der Waals surface area contributed by atoms with Crippen LogP contribution in [-0.4, -0.2) is 42.3 Å². The lowest BCUT2D eigenvalue weighted by atomic mass is 10.2. The maximum atomic E-state index is 12.1. The lowest BCUT2D eigenvalue weighted by Crippen LogP contribution is -2.41. The molecule has 1 fully saturated rings. The highest BCUT2D eigenvalue weighted by Gasteiger charge is 2.34. The normalized spacial score (nSPS) is 15.2. The lowest BCUT2D eigenvalue weighted by molar-refractivity contribution is 0.0236. The van der Waals surface area contributed by atoms with Crippen LogP contribution in [0.3, 0.4) is 0 Å². The monoisotopic (exact) mass is 284 g/mol. The molecule has 0 unspecified atom stereocenters. The first-order valence-electron chi connectivity index (χ1n) is 8.14. The first-order valence-corrected chi connectivity index (χ1v) is 8.14. The molecule has 4 heteroatoms. The van der Waals surface area contributed by atoms with E-state index >= 15 is 0 Å². The minimum absolute atomic E-state index is 0.159. The van der Waals surface area contributed by atoms with Gasteiger partial charge >= 0.3 is 6.09 Å². The van der Waals surface area contributed by atoms with E-state index in [4.69, 9.17) is 4.74 Å².